The Hall–Kier alpha value is -0.0400. The van der Waals surface area contributed by atoms with Crippen LogP contribution in [0.15, 0.2) is 0 Å². The van der Waals surface area contributed by atoms with Crippen molar-refractivity contribution in [1.29, 1.82) is 0 Å². The average Bonchev–Trinajstić information content (AvgIpc) is 2.12. The third kappa shape index (κ3) is 2.41. The summed E-state index contributed by atoms with van der Waals surface area (Å²) < 4.78 is 0. The summed E-state index contributed by atoms with van der Waals surface area (Å²) in [5.41, 5.74) is 1.09. The van der Waals surface area contributed by atoms with Crippen molar-refractivity contribution in [2.45, 2.75) is 79.3 Å². The number of likely N-dealkylation sites (tertiary alicyclic amines) is 1. The van der Waals surface area contributed by atoms with E-state index in [4.69, 9.17) is 0 Å². The first kappa shape index (κ1) is 15.0. The van der Waals surface area contributed by atoms with E-state index in [-0.39, 0.29) is 0 Å². The van der Waals surface area contributed by atoms with Crippen LogP contribution in [-0.2, 0) is 0 Å². The number of hydrogen-bond donors (Lipinski definition) is 0. The van der Waals surface area contributed by atoms with Crippen molar-refractivity contribution in [3.63, 3.8) is 0 Å². The Bertz CT molecular complexity index is 245. The molecule has 0 amide bonds. The Morgan fingerprint density at radius 1 is 0.765 bits per heavy atom. The molecule has 0 aliphatic carbocycles. The minimum absolute atomic E-state index is 0.302. The average molecular weight is 239 g/mol. The fourth-order valence-electron chi connectivity index (χ4n) is 4.21. The molecule has 1 rings (SSSR count). The van der Waals surface area contributed by atoms with E-state index in [0.717, 1.165) is 11.8 Å². The highest BCUT2D eigenvalue weighted by atomic mass is 15.2. The second kappa shape index (κ2) is 4.26. The minimum Gasteiger partial charge on any atom is -0.296 e. The van der Waals surface area contributed by atoms with Gasteiger partial charge in [0.15, 0.2) is 0 Å². The molecule has 1 fully saturated rings. The molecular weight excluding hydrogens is 206 g/mol. The van der Waals surface area contributed by atoms with E-state index in [2.05, 4.69) is 67.3 Å². The molecule has 0 saturated carbocycles. The van der Waals surface area contributed by atoms with Gasteiger partial charge in [-0.15, -0.1) is 0 Å². The van der Waals surface area contributed by atoms with Crippen molar-refractivity contribution in [3.05, 3.63) is 0 Å². The van der Waals surface area contributed by atoms with Gasteiger partial charge in [0.25, 0.3) is 0 Å². The van der Waals surface area contributed by atoms with Gasteiger partial charge in [0, 0.05) is 11.1 Å². The molecule has 0 N–H and O–H groups in total. The highest BCUT2D eigenvalue weighted by molar-refractivity contribution is 5.06. The maximum absolute atomic E-state index is 2.59. The van der Waals surface area contributed by atoms with E-state index < -0.39 is 0 Å². The van der Waals surface area contributed by atoms with Crippen LogP contribution in [0.3, 0.4) is 0 Å². The quantitative estimate of drug-likeness (QED) is 0.682. The van der Waals surface area contributed by atoms with Gasteiger partial charge in [-0.05, 0) is 64.8 Å². The van der Waals surface area contributed by atoms with Gasteiger partial charge in [-0.3, -0.25) is 4.90 Å². The van der Waals surface area contributed by atoms with E-state index in [1.165, 1.54) is 12.8 Å². The number of nitrogens with zero attached hydrogens (tertiary/aromatic N) is 1. The molecule has 0 aromatic heterocycles. The van der Waals surface area contributed by atoms with Crippen LogP contribution in [0, 0.1) is 17.3 Å². The van der Waals surface area contributed by atoms with E-state index in [0.29, 0.717) is 16.5 Å². The molecule has 102 valence electrons. The summed E-state index contributed by atoms with van der Waals surface area (Å²) in [7, 11) is 2.30. The first-order valence-corrected chi connectivity index (χ1v) is 7.20. The number of hydrogen-bond acceptors (Lipinski definition) is 1. The van der Waals surface area contributed by atoms with Crippen molar-refractivity contribution < 1.29 is 0 Å². The van der Waals surface area contributed by atoms with Crippen LogP contribution in [0.5, 0.6) is 0 Å². The predicted molar refractivity (Wildman–Crippen MR) is 77.3 cm³/mol. The lowest BCUT2D eigenvalue weighted by molar-refractivity contribution is -0.110. The number of rotatable bonds is 2. The molecule has 1 saturated heterocycles. The van der Waals surface area contributed by atoms with Crippen molar-refractivity contribution in [1.82, 2.24) is 4.90 Å². The summed E-state index contributed by atoms with van der Waals surface area (Å²) in [4.78, 5) is 2.59. The topological polar surface area (TPSA) is 3.24 Å². The normalized spacial score (nSPS) is 27.7. The van der Waals surface area contributed by atoms with Crippen LogP contribution in [0.2, 0.25) is 0 Å². The van der Waals surface area contributed by atoms with Gasteiger partial charge in [0.05, 0.1) is 0 Å². The summed E-state index contributed by atoms with van der Waals surface area (Å²) in [6.07, 6.45) is 2.63. The minimum atomic E-state index is 0.302. The van der Waals surface area contributed by atoms with E-state index in [1.54, 1.807) is 0 Å². The third-order valence-corrected chi connectivity index (χ3v) is 5.64. The van der Waals surface area contributed by atoms with Gasteiger partial charge in [0.1, 0.15) is 0 Å². The van der Waals surface area contributed by atoms with Crippen molar-refractivity contribution in [2.75, 3.05) is 7.05 Å². The second-order valence-corrected chi connectivity index (χ2v) is 8.08. The van der Waals surface area contributed by atoms with Crippen LogP contribution < -0.4 is 0 Å². The summed E-state index contributed by atoms with van der Waals surface area (Å²) in [5, 5.41) is 0. The Kier molecular flexibility index (Phi) is 3.76. The number of piperidine rings is 1. The molecule has 1 heteroatoms. The molecule has 0 radical (unpaired) electrons. The highest BCUT2D eigenvalue weighted by Crippen LogP contribution is 2.54. The molecule has 1 aliphatic heterocycles. The molecule has 17 heavy (non-hydrogen) atoms. The van der Waals surface area contributed by atoms with Crippen LogP contribution in [0.1, 0.15) is 68.2 Å². The maximum Gasteiger partial charge on any atom is 0.0161 e. The first-order valence-electron chi connectivity index (χ1n) is 7.20. The zero-order chi connectivity index (χ0) is 13.6. The van der Waals surface area contributed by atoms with Gasteiger partial charge in [0.2, 0.25) is 0 Å². The lowest BCUT2D eigenvalue weighted by Gasteiger charge is -2.61. The Morgan fingerprint density at radius 2 is 1.06 bits per heavy atom. The van der Waals surface area contributed by atoms with Gasteiger partial charge in [-0.1, -0.05) is 27.7 Å². The molecule has 0 bridgehead atoms. The van der Waals surface area contributed by atoms with E-state index in [9.17, 15) is 0 Å². The smallest absolute Gasteiger partial charge is 0.0161 e. The molecule has 1 heterocycles. The monoisotopic (exact) mass is 239 g/mol. The predicted octanol–water partition coefficient (Wildman–Crippen LogP) is 4.57. The molecule has 1 aliphatic rings. The third-order valence-electron chi connectivity index (χ3n) is 5.64. The van der Waals surface area contributed by atoms with Crippen molar-refractivity contribution >= 4 is 0 Å². The van der Waals surface area contributed by atoms with E-state index >= 15 is 0 Å². The second-order valence-electron chi connectivity index (χ2n) is 8.08. The standard InChI is InChI=1S/C16H33N/c1-12(2)16(13(3)4)10-14(5,6)17(9)15(7,8)11-16/h12-13H,10-11H2,1-9H3. The fourth-order valence-corrected chi connectivity index (χ4v) is 4.21. The lowest BCUT2D eigenvalue weighted by atomic mass is 9.55. The zero-order valence-electron chi connectivity index (χ0n) is 13.5. The van der Waals surface area contributed by atoms with Crippen LogP contribution in [0.25, 0.3) is 0 Å². The molecule has 0 spiro atoms. The Labute approximate surface area is 109 Å². The van der Waals surface area contributed by atoms with Crippen molar-refractivity contribution in [2.24, 2.45) is 17.3 Å². The summed E-state index contributed by atoms with van der Waals surface area (Å²) in [6, 6.07) is 0. The molecule has 0 unspecified atom stereocenters. The summed E-state index contributed by atoms with van der Waals surface area (Å²) in [6.45, 7) is 19.3. The van der Waals surface area contributed by atoms with Gasteiger partial charge in [-0.2, -0.15) is 0 Å². The Morgan fingerprint density at radius 3 is 1.29 bits per heavy atom. The van der Waals surface area contributed by atoms with E-state index in [1.807, 2.05) is 0 Å². The van der Waals surface area contributed by atoms with Crippen molar-refractivity contribution in [3.8, 4) is 0 Å². The van der Waals surface area contributed by atoms with Crippen LogP contribution in [0.4, 0.5) is 0 Å². The highest BCUT2D eigenvalue weighted by Gasteiger charge is 2.52. The van der Waals surface area contributed by atoms with Gasteiger partial charge < -0.3 is 0 Å². The fraction of sp³-hybridized carbons (Fsp3) is 1.00. The lowest BCUT2D eigenvalue weighted by Crippen LogP contribution is -2.63. The molecule has 1 nitrogen and oxygen atoms in total. The summed E-state index contributed by atoms with van der Waals surface area (Å²) >= 11 is 0. The SMILES string of the molecule is CC(C)C1(C(C)C)CC(C)(C)N(C)C(C)(C)C1. The van der Waals surface area contributed by atoms with Gasteiger partial charge in [-0.25, -0.2) is 0 Å². The Balaban J connectivity index is 3.20. The van der Waals surface area contributed by atoms with Crippen LogP contribution >= 0.6 is 0 Å². The molecule has 0 aromatic carbocycles. The molecule has 0 atom stereocenters. The van der Waals surface area contributed by atoms with Crippen LogP contribution in [-0.4, -0.2) is 23.0 Å². The maximum atomic E-state index is 2.59. The largest absolute Gasteiger partial charge is 0.296 e. The summed E-state index contributed by atoms with van der Waals surface area (Å²) in [5.74, 6) is 1.52. The molecule has 0 aromatic rings. The molecular formula is C16H33N. The first-order chi connectivity index (χ1) is 7.46. The van der Waals surface area contributed by atoms with Gasteiger partial charge >= 0.3 is 0 Å². The zero-order valence-corrected chi connectivity index (χ0v) is 13.5.